The highest BCUT2D eigenvalue weighted by Gasteiger charge is 2.24. The second kappa shape index (κ2) is 7.37. The smallest absolute Gasteiger partial charge is 0.246 e. The minimum Gasteiger partial charge on any atom is -0.471 e. The van der Waals surface area contributed by atoms with E-state index in [9.17, 15) is 4.79 Å². The van der Waals surface area contributed by atoms with E-state index in [2.05, 4.69) is 10.2 Å². The molecule has 23 heavy (non-hydrogen) atoms. The summed E-state index contributed by atoms with van der Waals surface area (Å²) in [4.78, 5) is 15.2. The number of nitrogens with zero attached hydrogens (tertiary/aromatic N) is 3. The van der Waals surface area contributed by atoms with Gasteiger partial charge < -0.3 is 9.64 Å². The number of carbonyl (C=O) groups is 1. The van der Waals surface area contributed by atoms with Crippen LogP contribution in [-0.2, 0) is 4.79 Å². The van der Waals surface area contributed by atoms with E-state index >= 15 is 0 Å². The van der Waals surface area contributed by atoms with Gasteiger partial charge in [0.05, 0.1) is 12.2 Å². The number of carbonyl (C=O) groups excluding carboxylic acids is 1. The van der Waals surface area contributed by atoms with Gasteiger partial charge >= 0.3 is 0 Å². The van der Waals surface area contributed by atoms with Crippen molar-refractivity contribution in [2.45, 2.75) is 25.9 Å². The van der Waals surface area contributed by atoms with E-state index in [1.54, 1.807) is 17.4 Å². The molecule has 0 radical (unpaired) electrons. The zero-order valence-electron chi connectivity index (χ0n) is 13.0. The summed E-state index contributed by atoms with van der Waals surface area (Å²) < 4.78 is 5.85. The standard InChI is InChI=1S/C17H19N3O2S/c1-13-6-8-16(19-18-13)22-14-4-2-10-20(12-14)17(21)9-7-15-5-3-11-23-15/h3,5-9,11,14H,2,4,10,12H2,1H3/b9-7+/t14-/m0/s1. The van der Waals surface area contributed by atoms with Crippen LogP contribution in [0.4, 0.5) is 0 Å². The molecular formula is C17H19N3O2S. The van der Waals surface area contributed by atoms with Gasteiger partial charge in [-0.15, -0.1) is 16.4 Å². The zero-order valence-corrected chi connectivity index (χ0v) is 13.8. The van der Waals surface area contributed by atoms with Crippen molar-refractivity contribution in [3.63, 3.8) is 0 Å². The van der Waals surface area contributed by atoms with Gasteiger partial charge in [0.1, 0.15) is 6.10 Å². The number of piperidine rings is 1. The van der Waals surface area contributed by atoms with Crippen molar-refractivity contribution in [1.82, 2.24) is 15.1 Å². The number of thiophene rings is 1. The first-order valence-electron chi connectivity index (χ1n) is 7.68. The Morgan fingerprint density at radius 1 is 1.39 bits per heavy atom. The lowest BCUT2D eigenvalue weighted by molar-refractivity contribution is -0.128. The maximum Gasteiger partial charge on any atom is 0.246 e. The minimum atomic E-state index is -0.0279. The molecule has 3 heterocycles. The largest absolute Gasteiger partial charge is 0.471 e. The topological polar surface area (TPSA) is 55.3 Å². The summed E-state index contributed by atoms with van der Waals surface area (Å²) in [5, 5.41) is 10.0. The number of likely N-dealkylation sites (tertiary alicyclic amines) is 1. The molecule has 2 aromatic rings. The average Bonchev–Trinajstić information content (AvgIpc) is 3.08. The molecule has 1 amide bonds. The Morgan fingerprint density at radius 3 is 3.04 bits per heavy atom. The third-order valence-electron chi connectivity index (χ3n) is 3.68. The van der Waals surface area contributed by atoms with Crippen molar-refractivity contribution in [3.8, 4) is 5.88 Å². The van der Waals surface area contributed by atoms with Gasteiger partial charge in [0.2, 0.25) is 11.8 Å². The van der Waals surface area contributed by atoms with E-state index < -0.39 is 0 Å². The van der Waals surface area contributed by atoms with Gasteiger partial charge in [-0.2, -0.15) is 5.10 Å². The lowest BCUT2D eigenvalue weighted by atomic mass is 10.1. The SMILES string of the molecule is Cc1ccc(O[C@H]2CCCN(C(=O)/C=C/c3cccs3)C2)nn1. The average molecular weight is 329 g/mol. The van der Waals surface area contributed by atoms with E-state index in [0.717, 1.165) is 30.0 Å². The van der Waals surface area contributed by atoms with Gasteiger partial charge in [-0.3, -0.25) is 4.79 Å². The summed E-state index contributed by atoms with van der Waals surface area (Å²) in [6, 6.07) is 7.66. The minimum absolute atomic E-state index is 0.0279. The third kappa shape index (κ3) is 4.39. The Bertz CT molecular complexity index is 668. The van der Waals surface area contributed by atoms with Crippen LogP contribution in [0.1, 0.15) is 23.4 Å². The number of amides is 1. The maximum atomic E-state index is 12.3. The normalized spacial score (nSPS) is 18.3. The number of hydrogen-bond donors (Lipinski definition) is 0. The number of hydrogen-bond acceptors (Lipinski definition) is 5. The maximum absolute atomic E-state index is 12.3. The van der Waals surface area contributed by atoms with Crippen LogP contribution in [0.2, 0.25) is 0 Å². The first-order chi connectivity index (χ1) is 11.2. The third-order valence-corrected chi connectivity index (χ3v) is 4.52. The van der Waals surface area contributed by atoms with Crippen molar-refractivity contribution < 1.29 is 9.53 Å². The Kier molecular flexibility index (Phi) is 5.02. The molecule has 6 heteroatoms. The Labute approximate surface area is 139 Å². The molecule has 5 nitrogen and oxygen atoms in total. The summed E-state index contributed by atoms with van der Waals surface area (Å²) in [6.45, 7) is 3.24. The van der Waals surface area contributed by atoms with Crippen LogP contribution in [0.15, 0.2) is 35.7 Å². The highest BCUT2D eigenvalue weighted by molar-refractivity contribution is 7.10. The molecule has 1 fully saturated rings. The fourth-order valence-corrected chi connectivity index (χ4v) is 3.12. The molecule has 0 spiro atoms. The molecule has 1 saturated heterocycles. The fourth-order valence-electron chi connectivity index (χ4n) is 2.50. The predicted octanol–water partition coefficient (Wildman–Crippen LogP) is 2.93. The number of aromatic nitrogens is 2. The van der Waals surface area contributed by atoms with Crippen LogP contribution >= 0.6 is 11.3 Å². The summed E-state index contributed by atoms with van der Waals surface area (Å²) >= 11 is 1.62. The van der Waals surface area contributed by atoms with Gasteiger partial charge in [-0.1, -0.05) is 6.07 Å². The summed E-state index contributed by atoms with van der Waals surface area (Å²) in [7, 11) is 0. The highest BCUT2D eigenvalue weighted by Crippen LogP contribution is 2.17. The molecule has 0 N–H and O–H groups in total. The second-order valence-electron chi connectivity index (χ2n) is 5.53. The molecule has 0 aliphatic carbocycles. The van der Waals surface area contributed by atoms with Crippen LogP contribution in [-0.4, -0.2) is 40.2 Å². The molecule has 0 aromatic carbocycles. The Balaban J connectivity index is 1.57. The van der Waals surface area contributed by atoms with Crippen LogP contribution in [0.5, 0.6) is 5.88 Å². The fraction of sp³-hybridized carbons (Fsp3) is 0.353. The van der Waals surface area contributed by atoms with E-state index in [-0.39, 0.29) is 12.0 Å². The number of aryl methyl sites for hydroxylation is 1. The van der Waals surface area contributed by atoms with Crippen molar-refractivity contribution in [2.75, 3.05) is 13.1 Å². The molecule has 120 valence electrons. The first kappa shape index (κ1) is 15.7. The molecule has 2 aromatic heterocycles. The van der Waals surface area contributed by atoms with E-state index in [0.29, 0.717) is 12.4 Å². The molecule has 1 atom stereocenters. The molecular weight excluding hydrogens is 310 g/mol. The van der Waals surface area contributed by atoms with Crippen molar-refractivity contribution in [2.24, 2.45) is 0 Å². The van der Waals surface area contributed by atoms with Crippen molar-refractivity contribution >= 4 is 23.3 Å². The zero-order chi connectivity index (χ0) is 16.1. The van der Waals surface area contributed by atoms with Gasteiger partial charge in [0, 0.05) is 23.6 Å². The molecule has 1 aliphatic rings. The van der Waals surface area contributed by atoms with Crippen molar-refractivity contribution in [1.29, 1.82) is 0 Å². The lowest BCUT2D eigenvalue weighted by Crippen LogP contribution is -2.43. The van der Waals surface area contributed by atoms with Gasteiger partial charge in [-0.25, -0.2) is 0 Å². The van der Waals surface area contributed by atoms with Gasteiger partial charge in [-0.05, 0) is 43.4 Å². The Morgan fingerprint density at radius 2 is 2.30 bits per heavy atom. The summed E-state index contributed by atoms with van der Waals surface area (Å²) in [5.74, 6) is 0.547. The predicted molar refractivity (Wildman–Crippen MR) is 90.4 cm³/mol. The van der Waals surface area contributed by atoms with E-state index in [4.69, 9.17) is 4.74 Å². The molecule has 1 aliphatic heterocycles. The second-order valence-corrected chi connectivity index (χ2v) is 6.51. The van der Waals surface area contributed by atoms with Crippen LogP contribution < -0.4 is 4.74 Å². The van der Waals surface area contributed by atoms with Crippen LogP contribution in [0, 0.1) is 6.92 Å². The lowest BCUT2D eigenvalue weighted by Gasteiger charge is -2.31. The first-order valence-corrected chi connectivity index (χ1v) is 8.56. The quantitative estimate of drug-likeness (QED) is 0.809. The number of rotatable bonds is 4. The number of ether oxygens (including phenoxy) is 1. The molecule has 0 saturated carbocycles. The summed E-state index contributed by atoms with van der Waals surface area (Å²) in [6.07, 6.45) is 5.33. The van der Waals surface area contributed by atoms with E-state index in [1.165, 1.54) is 0 Å². The van der Waals surface area contributed by atoms with Gasteiger partial charge in [0.15, 0.2) is 0 Å². The monoisotopic (exact) mass is 329 g/mol. The van der Waals surface area contributed by atoms with Crippen LogP contribution in [0.3, 0.4) is 0 Å². The molecule has 3 rings (SSSR count). The van der Waals surface area contributed by atoms with Gasteiger partial charge in [0.25, 0.3) is 0 Å². The van der Waals surface area contributed by atoms with Crippen molar-refractivity contribution in [3.05, 3.63) is 46.3 Å². The summed E-state index contributed by atoms with van der Waals surface area (Å²) in [5.41, 5.74) is 0.858. The highest BCUT2D eigenvalue weighted by atomic mass is 32.1. The Hall–Kier alpha value is -2.21. The van der Waals surface area contributed by atoms with Crippen LogP contribution in [0.25, 0.3) is 6.08 Å². The van der Waals surface area contributed by atoms with E-state index in [1.807, 2.05) is 47.5 Å². The molecule has 0 bridgehead atoms. The molecule has 0 unspecified atom stereocenters.